The van der Waals surface area contributed by atoms with Crippen LogP contribution in [0.1, 0.15) is 62.4 Å². The summed E-state index contributed by atoms with van der Waals surface area (Å²) in [5, 5.41) is 2.79. The summed E-state index contributed by atoms with van der Waals surface area (Å²) in [5.41, 5.74) is 1.78. The fourth-order valence-corrected chi connectivity index (χ4v) is 4.85. The summed E-state index contributed by atoms with van der Waals surface area (Å²) in [6.07, 6.45) is 7.39. The maximum Gasteiger partial charge on any atom is 0.336 e. The maximum absolute atomic E-state index is 13.1. The SMILES string of the molecule is C[CH-]C1C(CCC(C)=O)C2=CC(c3cc(C(=O)NCC)ccc3OC(=O)/C=C\C2=O)C1C.[Y]. The van der Waals surface area contributed by atoms with Gasteiger partial charge in [0.05, 0.1) is 0 Å². The van der Waals surface area contributed by atoms with E-state index in [9.17, 15) is 19.2 Å². The third-order valence-electron chi connectivity index (χ3n) is 6.42. The van der Waals surface area contributed by atoms with Gasteiger partial charge in [-0.25, -0.2) is 4.79 Å². The number of hydrogen-bond donors (Lipinski definition) is 1. The van der Waals surface area contributed by atoms with Crippen molar-refractivity contribution in [1.29, 1.82) is 0 Å². The Morgan fingerprint density at radius 2 is 1.91 bits per heavy atom. The number of hydrogen-bond acceptors (Lipinski definition) is 5. The summed E-state index contributed by atoms with van der Waals surface area (Å²) >= 11 is 0. The number of allylic oxidation sites excluding steroid dienone is 3. The zero-order chi connectivity index (χ0) is 23.4. The van der Waals surface area contributed by atoms with Gasteiger partial charge in [-0.15, -0.1) is 0 Å². The summed E-state index contributed by atoms with van der Waals surface area (Å²) in [6, 6.07) is 5.03. The van der Waals surface area contributed by atoms with Crippen LogP contribution < -0.4 is 10.1 Å². The Morgan fingerprint density at radius 3 is 2.55 bits per heavy atom. The molecule has 1 aliphatic heterocycles. The summed E-state index contributed by atoms with van der Waals surface area (Å²) in [5.74, 6) is -0.859. The van der Waals surface area contributed by atoms with Gasteiger partial charge in [0, 0.05) is 68.8 Å². The molecule has 1 amide bonds. The Labute approximate surface area is 220 Å². The van der Waals surface area contributed by atoms with Gasteiger partial charge in [0.1, 0.15) is 11.5 Å². The predicted molar refractivity (Wildman–Crippen MR) is 121 cm³/mol. The number of carbonyl (C=O) groups is 4. The molecule has 3 rings (SSSR count). The molecule has 0 aromatic heterocycles. The van der Waals surface area contributed by atoms with Crippen LogP contribution in [0.5, 0.6) is 5.75 Å². The van der Waals surface area contributed by atoms with Crippen LogP contribution in [0, 0.1) is 24.2 Å². The van der Waals surface area contributed by atoms with E-state index in [4.69, 9.17) is 4.74 Å². The molecule has 0 saturated heterocycles. The zero-order valence-electron chi connectivity index (χ0n) is 19.6. The van der Waals surface area contributed by atoms with Crippen molar-refractivity contribution < 1.29 is 56.6 Å². The third-order valence-corrected chi connectivity index (χ3v) is 6.42. The van der Waals surface area contributed by atoms with E-state index in [1.54, 1.807) is 25.1 Å². The standard InChI is InChI=1S/C26H30NO5.Y/c1-5-18-16(4)20-14-21(19(18)9-7-15(3)28)23(29)10-12-25(30)32-24-11-8-17(13-22(20)24)26(31)27-6-2;/h5,8,10-14,16,18-20H,6-7,9H2,1-4H3,(H,27,31);/q-1;/b12-10-;. The van der Waals surface area contributed by atoms with Crippen LogP contribution in [-0.4, -0.2) is 30.0 Å². The number of esters is 1. The summed E-state index contributed by atoms with van der Waals surface area (Å²) in [7, 11) is 0. The molecule has 7 heteroatoms. The Balaban J connectivity index is 0.00000385. The molecule has 2 bridgehead atoms. The van der Waals surface area contributed by atoms with Gasteiger partial charge in [0.15, 0.2) is 5.78 Å². The number of fused-ring (bicyclic) bond motifs is 3. The van der Waals surface area contributed by atoms with E-state index in [2.05, 4.69) is 18.7 Å². The van der Waals surface area contributed by atoms with Gasteiger partial charge in [0.25, 0.3) is 5.91 Å². The molecule has 33 heavy (non-hydrogen) atoms. The number of benzene rings is 1. The van der Waals surface area contributed by atoms with E-state index in [-0.39, 0.29) is 73.9 Å². The van der Waals surface area contributed by atoms with Crippen molar-refractivity contribution >= 4 is 23.4 Å². The second-order valence-electron chi connectivity index (χ2n) is 8.50. The van der Waals surface area contributed by atoms with Crippen molar-refractivity contribution in [3.63, 3.8) is 0 Å². The third kappa shape index (κ3) is 6.16. The average Bonchev–Trinajstić information content (AvgIpc) is 2.76. The van der Waals surface area contributed by atoms with E-state index in [1.807, 2.05) is 19.9 Å². The van der Waals surface area contributed by atoms with E-state index in [0.29, 0.717) is 41.8 Å². The largest absolute Gasteiger partial charge is 0.423 e. The van der Waals surface area contributed by atoms with E-state index in [0.717, 1.165) is 6.08 Å². The molecule has 1 N–H and O–H groups in total. The van der Waals surface area contributed by atoms with Gasteiger partial charge in [-0.05, 0) is 56.0 Å². The molecule has 0 saturated carbocycles. The molecule has 1 radical (unpaired) electrons. The first-order chi connectivity index (χ1) is 15.3. The molecule has 173 valence electrons. The van der Waals surface area contributed by atoms with E-state index < -0.39 is 5.97 Å². The minimum atomic E-state index is -0.641. The topological polar surface area (TPSA) is 89.5 Å². The Hall–Kier alpha value is -1.92. The van der Waals surface area contributed by atoms with E-state index >= 15 is 0 Å². The number of rotatable bonds is 6. The number of nitrogens with one attached hydrogen (secondary N) is 1. The molecule has 4 unspecified atom stereocenters. The fraction of sp³-hybridized carbons (Fsp3) is 0.423. The van der Waals surface area contributed by atoms with Crippen molar-refractivity contribution in [2.75, 3.05) is 6.54 Å². The molecule has 6 nitrogen and oxygen atoms in total. The van der Waals surface area contributed by atoms with Crippen molar-refractivity contribution in [2.24, 2.45) is 17.8 Å². The van der Waals surface area contributed by atoms with Crippen LogP contribution in [0.15, 0.2) is 42.0 Å². The first-order valence-electron chi connectivity index (χ1n) is 11.1. The number of ether oxygens (including phenoxy) is 1. The van der Waals surface area contributed by atoms with Gasteiger partial charge in [-0.2, -0.15) is 12.8 Å². The fourth-order valence-electron chi connectivity index (χ4n) is 4.85. The van der Waals surface area contributed by atoms with Gasteiger partial charge in [0.2, 0.25) is 0 Å². The number of ketones is 2. The van der Waals surface area contributed by atoms with Crippen molar-refractivity contribution in [1.82, 2.24) is 5.32 Å². The zero-order valence-corrected chi connectivity index (χ0v) is 22.4. The average molecular weight is 525 g/mol. The molecular weight excluding hydrogens is 495 g/mol. The van der Waals surface area contributed by atoms with Crippen LogP contribution in [0.2, 0.25) is 0 Å². The Kier molecular flexibility index (Phi) is 9.92. The molecule has 1 aliphatic carbocycles. The minimum absolute atomic E-state index is 0. The number of carbonyl (C=O) groups excluding carboxylic acids is 4. The molecule has 0 fully saturated rings. The predicted octanol–water partition coefficient (Wildman–Crippen LogP) is 3.96. The van der Waals surface area contributed by atoms with Crippen molar-refractivity contribution in [3.05, 3.63) is 59.5 Å². The van der Waals surface area contributed by atoms with E-state index in [1.165, 1.54) is 6.08 Å². The first kappa shape index (κ1) is 27.3. The Bertz CT molecular complexity index is 996. The maximum atomic E-state index is 13.1. The number of amides is 1. The van der Waals surface area contributed by atoms with Gasteiger partial charge >= 0.3 is 5.97 Å². The minimum Gasteiger partial charge on any atom is -0.423 e. The van der Waals surface area contributed by atoms with Gasteiger partial charge < -0.3 is 21.3 Å². The normalized spacial score (nSPS) is 25.0. The van der Waals surface area contributed by atoms with Gasteiger partial charge in [-0.1, -0.05) is 18.9 Å². The summed E-state index contributed by atoms with van der Waals surface area (Å²) in [6.45, 7) is 7.97. The molecule has 1 aromatic rings. The van der Waals surface area contributed by atoms with Gasteiger partial charge in [-0.3, -0.25) is 9.59 Å². The second kappa shape index (κ2) is 12.0. The van der Waals surface area contributed by atoms with Crippen molar-refractivity contribution in [3.8, 4) is 5.75 Å². The molecule has 1 aromatic carbocycles. The molecule has 0 spiro atoms. The van der Waals surface area contributed by atoms with Crippen LogP contribution in [-0.2, 0) is 47.1 Å². The molecule has 4 atom stereocenters. The Morgan fingerprint density at radius 1 is 1.18 bits per heavy atom. The van der Waals surface area contributed by atoms with Crippen LogP contribution in [0.25, 0.3) is 0 Å². The van der Waals surface area contributed by atoms with Crippen LogP contribution >= 0.6 is 0 Å². The van der Waals surface area contributed by atoms with Crippen LogP contribution in [0.3, 0.4) is 0 Å². The second-order valence-corrected chi connectivity index (χ2v) is 8.50. The van der Waals surface area contributed by atoms with Crippen molar-refractivity contribution in [2.45, 2.75) is 46.5 Å². The molecule has 1 heterocycles. The smallest absolute Gasteiger partial charge is 0.336 e. The summed E-state index contributed by atoms with van der Waals surface area (Å²) in [4.78, 5) is 49.5. The first-order valence-corrected chi connectivity index (χ1v) is 11.1. The summed E-state index contributed by atoms with van der Waals surface area (Å²) < 4.78 is 5.54. The number of Topliss-reactive ketones (excluding diaryl/α,β-unsaturated/α-hetero) is 1. The molecular formula is C26H30NO5Y-. The monoisotopic (exact) mass is 525 g/mol. The molecule has 2 aliphatic rings. The quantitative estimate of drug-likeness (QED) is 0.345. The van der Waals surface area contributed by atoms with Crippen LogP contribution in [0.4, 0.5) is 0 Å².